The first-order chi connectivity index (χ1) is 13.5. The Labute approximate surface area is 162 Å². The number of hydrogen-bond acceptors (Lipinski definition) is 5. The number of ether oxygens (including phenoxy) is 1. The highest BCUT2D eigenvalue weighted by Crippen LogP contribution is 2.30. The van der Waals surface area contributed by atoms with E-state index in [2.05, 4.69) is 4.98 Å². The third kappa shape index (κ3) is 3.32. The second-order valence-electron chi connectivity index (χ2n) is 6.56. The smallest absolute Gasteiger partial charge is 0.295 e. The Morgan fingerprint density at radius 3 is 2.54 bits per heavy atom. The summed E-state index contributed by atoms with van der Waals surface area (Å²) in [6.07, 6.45) is 1.36. The first-order valence-electron chi connectivity index (χ1n) is 8.76. The molecule has 1 aliphatic heterocycles. The molecular weight excluding hydrogens is 378 g/mol. The van der Waals surface area contributed by atoms with Crippen molar-refractivity contribution >= 4 is 10.0 Å². The monoisotopic (exact) mass is 397 g/mol. The average Bonchev–Trinajstić information content (AvgIpc) is 2.96. The predicted molar refractivity (Wildman–Crippen MR) is 103 cm³/mol. The van der Waals surface area contributed by atoms with Gasteiger partial charge in [-0.05, 0) is 17.2 Å². The summed E-state index contributed by atoms with van der Waals surface area (Å²) in [6.45, 7) is 0.537. The topological polar surface area (TPSA) is 81.5 Å². The summed E-state index contributed by atoms with van der Waals surface area (Å²) < 4.78 is 33.6. The Bertz CT molecular complexity index is 1170. The van der Waals surface area contributed by atoms with Gasteiger partial charge in [0.15, 0.2) is 0 Å². The van der Waals surface area contributed by atoms with Gasteiger partial charge in [-0.15, -0.1) is 0 Å². The summed E-state index contributed by atoms with van der Waals surface area (Å²) in [5.41, 5.74) is 1.33. The number of rotatable bonds is 5. The van der Waals surface area contributed by atoms with Crippen molar-refractivity contribution in [3.8, 4) is 5.75 Å². The van der Waals surface area contributed by atoms with Crippen LogP contribution in [0, 0.1) is 0 Å². The highest BCUT2D eigenvalue weighted by atomic mass is 32.2. The van der Waals surface area contributed by atoms with Gasteiger partial charge < -0.3 is 4.74 Å². The Morgan fingerprint density at radius 2 is 1.79 bits per heavy atom. The molecule has 0 fully saturated rings. The van der Waals surface area contributed by atoms with Crippen LogP contribution in [-0.2, 0) is 36.8 Å². The van der Waals surface area contributed by atoms with E-state index in [1.54, 1.807) is 25.2 Å². The van der Waals surface area contributed by atoms with Crippen LogP contribution >= 0.6 is 0 Å². The van der Waals surface area contributed by atoms with Crippen molar-refractivity contribution in [3.05, 3.63) is 88.1 Å². The van der Waals surface area contributed by atoms with Crippen molar-refractivity contribution in [3.63, 3.8) is 0 Å². The zero-order chi connectivity index (χ0) is 19.7. The summed E-state index contributed by atoms with van der Waals surface area (Å²) in [6, 6.07) is 16.4. The number of nitrogens with zero attached hydrogens (tertiary/aromatic N) is 3. The zero-order valence-electron chi connectivity index (χ0n) is 15.3. The molecule has 0 spiro atoms. The minimum atomic E-state index is -3.58. The van der Waals surface area contributed by atoms with Crippen molar-refractivity contribution in [2.45, 2.75) is 24.6 Å². The third-order valence-electron chi connectivity index (χ3n) is 4.73. The van der Waals surface area contributed by atoms with Crippen molar-refractivity contribution in [2.75, 3.05) is 0 Å². The Hall–Kier alpha value is -2.97. The molecule has 2 aromatic carbocycles. The summed E-state index contributed by atoms with van der Waals surface area (Å²) in [4.78, 5) is 17.2. The fourth-order valence-electron chi connectivity index (χ4n) is 3.14. The Balaban J connectivity index is 1.54. The van der Waals surface area contributed by atoms with Gasteiger partial charge in [0.1, 0.15) is 12.4 Å². The van der Waals surface area contributed by atoms with Gasteiger partial charge in [-0.25, -0.2) is 13.4 Å². The SMILES string of the molecule is Cn1c(CN2Cc3ccccc3S2(=O)=O)ncc(OCc2ccccc2)c1=O. The molecule has 0 saturated heterocycles. The van der Waals surface area contributed by atoms with E-state index in [9.17, 15) is 13.2 Å². The van der Waals surface area contributed by atoms with Crippen LogP contribution in [0.2, 0.25) is 0 Å². The first-order valence-corrected chi connectivity index (χ1v) is 10.2. The van der Waals surface area contributed by atoms with Crippen molar-refractivity contribution in [1.29, 1.82) is 0 Å². The molecule has 144 valence electrons. The van der Waals surface area contributed by atoms with Crippen LogP contribution in [0.4, 0.5) is 0 Å². The third-order valence-corrected chi connectivity index (χ3v) is 6.62. The maximum absolute atomic E-state index is 12.7. The summed E-state index contributed by atoms with van der Waals surface area (Å²) in [5.74, 6) is 0.483. The maximum Gasteiger partial charge on any atom is 0.295 e. The Morgan fingerprint density at radius 1 is 1.07 bits per heavy atom. The van der Waals surface area contributed by atoms with Crippen molar-refractivity contribution in [2.24, 2.45) is 7.05 Å². The molecule has 1 aliphatic rings. The van der Waals surface area contributed by atoms with Crippen LogP contribution in [0.25, 0.3) is 0 Å². The van der Waals surface area contributed by atoms with Gasteiger partial charge >= 0.3 is 0 Å². The molecule has 8 heteroatoms. The van der Waals surface area contributed by atoms with E-state index < -0.39 is 10.0 Å². The molecule has 28 heavy (non-hydrogen) atoms. The average molecular weight is 397 g/mol. The molecule has 0 N–H and O–H groups in total. The summed E-state index contributed by atoms with van der Waals surface area (Å²) >= 11 is 0. The standard InChI is InChI=1S/C20H19N3O4S/c1-22-19(13-23-12-16-9-5-6-10-18(16)28(23,25)26)21-11-17(20(22)24)27-14-15-7-3-2-4-8-15/h2-11H,12-14H2,1H3. The molecule has 7 nitrogen and oxygen atoms in total. The first kappa shape index (κ1) is 18.4. The fourth-order valence-corrected chi connectivity index (χ4v) is 4.72. The molecule has 0 amide bonds. The molecule has 1 aromatic heterocycles. The zero-order valence-corrected chi connectivity index (χ0v) is 16.1. The van der Waals surface area contributed by atoms with Crippen LogP contribution < -0.4 is 10.3 Å². The molecule has 0 bridgehead atoms. The highest BCUT2D eigenvalue weighted by Gasteiger charge is 2.34. The van der Waals surface area contributed by atoms with Crippen LogP contribution in [0.3, 0.4) is 0 Å². The van der Waals surface area contributed by atoms with Crippen LogP contribution in [0.5, 0.6) is 5.75 Å². The second-order valence-corrected chi connectivity index (χ2v) is 8.46. The van der Waals surface area contributed by atoms with E-state index >= 15 is 0 Å². The van der Waals surface area contributed by atoms with Gasteiger partial charge in [0.2, 0.25) is 15.8 Å². The fraction of sp³-hybridized carbons (Fsp3) is 0.200. The van der Waals surface area contributed by atoms with Gasteiger partial charge in [0, 0.05) is 13.6 Å². The number of benzene rings is 2. The van der Waals surface area contributed by atoms with Gasteiger partial charge in [-0.2, -0.15) is 4.31 Å². The van der Waals surface area contributed by atoms with E-state index in [1.807, 2.05) is 36.4 Å². The minimum absolute atomic E-state index is 0.0156. The lowest BCUT2D eigenvalue weighted by Gasteiger charge is -2.16. The molecule has 0 saturated carbocycles. The number of fused-ring (bicyclic) bond motifs is 1. The second kappa shape index (κ2) is 7.21. The molecule has 0 atom stereocenters. The van der Waals surface area contributed by atoms with Crippen LogP contribution in [0.1, 0.15) is 17.0 Å². The van der Waals surface area contributed by atoms with E-state index in [4.69, 9.17) is 4.74 Å². The molecule has 2 heterocycles. The van der Waals surface area contributed by atoms with Gasteiger partial charge in [0.25, 0.3) is 5.56 Å². The maximum atomic E-state index is 12.7. The number of sulfonamides is 1. The van der Waals surface area contributed by atoms with Gasteiger partial charge in [-0.3, -0.25) is 9.36 Å². The molecule has 0 aliphatic carbocycles. The van der Waals surface area contributed by atoms with Gasteiger partial charge in [-0.1, -0.05) is 48.5 Å². The van der Waals surface area contributed by atoms with E-state index in [-0.39, 0.29) is 31.0 Å². The quantitative estimate of drug-likeness (QED) is 0.658. The normalized spacial score (nSPS) is 15.3. The number of hydrogen-bond donors (Lipinski definition) is 0. The van der Waals surface area contributed by atoms with E-state index in [0.29, 0.717) is 10.7 Å². The molecule has 4 rings (SSSR count). The highest BCUT2D eigenvalue weighted by molar-refractivity contribution is 7.89. The minimum Gasteiger partial charge on any atom is -0.482 e. The van der Waals surface area contributed by atoms with Gasteiger partial charge in [0.05, 0.1) is 17.6 Å². The van der Waals surface area contributed by atoms with Crippen molar-refractivity contribution in [1.82, 2.24) is 13.9 Å². The lowest BCUT2D eigenvalue weighted by Crippen LogP contribution is -2.30. The predicted octanol–water partition coefficient (Wildman–Crippen LogP) is 2.06. The molecule has 0 radical (unpaired) electrons. The lowest BCUT2D eigenvalue weighted by molar-refractivity contribution is 0.296. The van der Waals surface area contributed by atoms with E-state index in [0.717, 1.165) is 11.1 Å². The molecule has 0 unspecified atom stereocenters. The summed E-state index contributed by atoms with van der Waals surface area (Å²) in [7, 11) is -2.02. The number of aromatic nitrogens is 2. The largest absolute Gasteiger partial charge is 0.482 e. The van der Waals surface area contributed by atoms with Crippen LogP contribution in [-0.4, -0.2) is 22.3 Å². The van der Waals surface area contributed by atoms with Crippen LogP contribution in [0.15, 0.2) is 70.5 Å². The molecule has 3 aromatic rings. The van der Waals surface area contributed by atoms with Crippen molar-refractivity contribution < 1.29 is 13.2 Å². The summed E-state index contributed by atoms with van der Waals surface area (Å²) in [5, 5.41) is 0. The lowest BCUT2D eigenvalue weighted by atomic mass is 10.2. The Kier molecular flexibility index (Phi) is 4.74. The molecular formula is C20H19N3O4S. The van der Waals surface area contributed by atoms with E-state index in [1.165, 1.54) is 15.1 Å².